The smallest absolute Gasteiger partial charge is 0.259 e. The van der Waals surface area contributed by atoms with E-state index in [0.717, 1.165) is 16.1 Å². The fourth-order valence-corrected chi connectivity index (χ4v) is 5.01. The molecule has 1 aliphatic rings. The van der Waals surface area contributed by atoms with Crippen molar-refractivity contribution in [2.45, 2.75) is 35.3 Å². The first-order valence-corrected chi connectivity index (χ1v) is 11.2. The van der Waals surface area contributed by atoms with E-state index in [9.17, 15) is 13.2 Å². The molecule has 7 heteroatoms. The Labute approximate surface area is 165 Å². The van der Waals surface area contributed by atoms with Gasteiger partial charge in [0.15, 0.2) is 0 Å². The first-order valence-electron chi connectivity index (χ1n) is 8.85. The molecule has 0 aromatic heterocycles. The summed E-state index contributed by atoms with van der Waals surface area (Å²) in [6.45, 7) is 4.76. The van der Waals surface area contributed by atoms with Crippen LogP contribution in [0, 0.1) is 0 Å². The van der Waals surface area contributed by atoms with Gasteiger partial charge in [0.05, 0.1) is 10.5 Å². The molecule has 3 rings (SSSR count). The van der Waals surface area contributed by atoms with E-state index in [1.807, 2.05) is 24.3 Å². The Morgan fingerprint density at radius 3 is 2.52 bits per heavy atom. The van der Waals surface area contributed by atoms with E-state index < -0.39 is 10.0 Å². The summed E-state index contributed by atoms with van der Waals surface area (Å²) in [5.41, 5.74) is 2.37. The maximum absolute atomic E-state index is 13.2. The second-order valence-electron chi connectivity index (χ2n) is 6.95. The molecule has 0 saturated carbocycles. The minimum Gasteiger partial charge on any atom is -0.308 e. The molecule has 2 aromatic carbocycles. The fourth-order valence-electron chi connectivity index (χ4n) is 3.11. The number of carbonyl (C=O) groups is 1. The standard InChI is InChI=1S/C20H24N2O3S2/c1-14(2)26-19-8-6-5-7-17(19)20(23)22-12-11-15-13-16(9-10-18(15)22)27(24,25)21(3)4/h5-10,13-14H,11-12H2,1-4H3. The van der Waals surface area contributed by atoms with Gasteiger partial charge in [0.25, 0.3) is 5.91 Å². The number of anilines is 1. The molecule has 0 N–H and O–H groups in total. The van der Waals surface area contributed by atoms with Gasteiger partial charge >= 0.3 is 0 Å². The molecule has 0 aliphatic carbocycles. The summed E-state index contributed by atoms with van der Waals surface area (Å²) >= 11 is 1.67. The minimum absolute atomic E-state index is 0.0410. The van der Waals surface area contributed by atoms with Gasteiger partial charge in [-0.15, -0.1) is 11.8 Å². The highest BCUT2D eigenvalue weighted by molar-refractivity contribution is 8.00. The molecule has 144 valence electrons. The van der Waals surface area contributed by atoms with Crippen LogP contribution in [0.25, 0.3) is 0 Å². The highest BCUT2D eigenvalue weighted by atomic mass is 32.2. The van der Waals surface area contributed by atoms with E-state index in [1.165, 1.54) is 18.4 Å². The lowest BCUT2D eigenvalue weighted by Gasteiger charge is -2.20. The fraction of sp³-hybridized carbons (Fsp3) is 0.350. The Morgan fingerprint density at radius 2 is 1.85 bits per heavy atom. The maximum atomic E-state index is 13.2. The Bertz CT molecular complexity index is 969. The van der Waals surface area contributed by atoms with Crippen molar-refractivity contribution in [3.8, 4) is 0 Å². The Balaban J connectivity index is 1.94. The first kappa shape index (κ1) is 19.9. The van der Waals surface area contributed by atoms with Crippen LogP contribution in [-0.2, 0) is 16.4 Å². The van der Waals surface area contributed by atoms with Crippen molar-refractivity contribution in [2.75, 3.05) is 25.5 Å². The van der Waals surface area contributed by atoms with E-state index in [1.54, 1.807) is 34.9 Å². The van der Waals surface area contributed by atoms with Crippen LogP contribution in [0.4, 0.5) is 5.69 Å². The van der Waals surface area contributed by atoms with Crippen molar-refractivity contribution in [2.24, 2.45) is 0 Å². The largest absolute Gasteiger partial charge is 0.308 e. The van der Waals surface area contributed by atoms with Crippen LogP contribution in [0.15, 0.2) is 52.3 Å². The summed E-state index contributed by atoms with van der Waals surface area (Å²) in [7, 11) is -0.451. The minimum atomic E-state index is -3.48. The predicted molar refractivity (Wildman–Crippen MR) is 110 cm³/mol. The number of benzene rings is 2. The topological polar surface area (TPSA) is 57.7 Å². The average Bonchev–Trinajstić information content (AvgIpc) is 3.04. The quantitative estimate of drug-likeness (QED) is 0.714. The lowest BCUT2D eigenvalue weighted by molar-refractivity contribution is 0.0986. The third kappa shape index (κ3) is 3.90. The summed E-state index contributed by atoms with van der Waals surface area (Å²) in [5, 5.41) is 0.378. The van der Waals surface area contributed by atoms with Gasteiger partial charge in [-0.05, 0) is 42.3 Å². The Kier molecular flexibility index (Phi) is 5.65. The molecular formula is C20H24N2O3S2. The number of carbonyl (C=O) groups excluding carboxylic acids is 1. The zero-order valence-electron chi connectivity index (χ0n) is 16.0. The van der Waals surface area contributed by atoms with Crippen LogP contribution in [0.3, 0.4) is 0 Å². The molecule has 27 heavy (non-hydrogen) atoms. The number of rotatable bonds is 5. The summed E-state index contributed by atoms with van der Waals surface area (Å²) in [6.07, 6.45) is 0.650. The highest BCUT2D eigenvalue weighted by Gasteiger charge is 2.29. The van der Waals surface area contributed by atoms with Crippen LogP contribution in [-0.4, -0.2) is 44.5 Å². The third-order valence-electron chi connectivity index (χ3n) is 4.45. The molecular weight excluding hydrogens is 380 g/mol. The van der Waals surface area contributed by atoms with Crippen LogP contribution >= 0.6 is 11.8 Å². The van der Waals surface area contributed by atoms with Crippen LogP contribution in [0.2, 0.25) is 0 Å². The number of hydrogen-bond acceptors (Lipinski definition) is 4. The molecule has 5 nitrogen and oxygen atoms in total. The summed E-state index contributed by atoms with van der Waals surface area (Å²) in [4.78, 5) is 16.2. The normalized spacial score (nSPS) is 14.1. The molecule has 0 bridgehead atoms. The zero-order valence-corrected chi connectivity index (χ0v) is 17.6. The number of hydrogen-bond donors (Lipinski definition) is 0. The van der Waals surface area contributed by atoms with Crippen molar-refractivity contribution in [3.63, 3.8) is 0 Å². The van der Waals surface area contributed by atoms with Gasteiger partial charge in [-0.2, -0.15) is 0 Å². The molecule has 1 amide bonds. The average molecular weight is 405 g/mol. The number of thioether (sulfide) groups is 1. The molecule has 2 aromatic rings. The third-order valence-corrected chi connectivity index (χ3v) is 7.34. The van der Waals surface area contributed by atoms with Crippen molar-refractivity contribution in [1.29, 1.82) is 0 Å². The van der Waals surface area contributed by atoms with E-state index in [-0.39, 0.29) is 10.8 Å². The molecule has 0 atom stereocenters. The molecule has 1 aliphatic heterocycles. The number of nitrogens with zero attached hydrogens (tertiary/aromatic N) is 2. The van der Waals surface area contributed by atoms with Gasteiger partial charge in [-0.3, -0.25) is 4.79 Å². The maximum Gasteiger partial charge on any atom is 0.259 e. The van der Waals surface area contributed by atoms with Gasteiger partial charge in [0.2, 0.25) is 10.0 Å². The van der Waals surface area contributed by atoms with Crippen LogP contribution in [0.5, 0.6) is 0 Å². The van der Waals surface area contributed by atoms with Gasteiger partial charge in [-0.25, -0.2) is 12.7 Å². The number of fused-ring (bicyclic) bond motifs is 1. The predicted octanol–water partition coefficient (Wildman–Crippen LogP) is 3.64. The molecule has 0 fully saturated rings. The van der Waals surface area contributed by atoms with Gasteiger partial charge < -0.3 is 4.90 Å². The molecule has 0 saturated heterocycles. The first-order chi connectivity index (χ1) is 12.7. The second-order valence-corrected chi connectivity index (χ2v) is 10.7. The highest BCUT2D eigenvalue weighted by Crippen LogP contribution is 2.34. The summed E-state index contributed by atoms with van der Waals surface area (Å²) < 4.78 is 25.9. The second kappa shape index (κ2) is 7.66. The van der Waals surface area contributed by atoms with Crippen molar-refractivity contribution >= 4 is 33.4 Å². The lowest BCUT2D eigenvalue weighted by atomic mass is 10.1. The van der Waals surface area contributed by atoms with E-state index >= 15 is 0 Å². The van der Waals surface area contributed by atoms with Gasteiger partial charge in [0.1, 0.15) is 0 Å². The lowest BCUT2D eigenvalue weighted by Crippen LogP contribution is -2.29. The zero-order chi connectivity index (χ0) is 19.8. The molecule has 1 heterocycles. The van der Waals surface area contributed by atoms with E-state index in [4.69, 9.17) is 0 Å². The summed E-state index contributed by atoms with van der Waals surface area (Å²) in [5.74, 6) is -0.0410. The van der Waals surface area contributed by atoms with E-state index in [2.05, 4.69) is 13.8 Å². The van der Waals surface area contributed by atoms with Crippen molar-refractivity contribution in [1.82, 2.24) is 4.31 Å². The molecule has 0 radical (unpaired) electrons. The van der Waals surface area contributed by atoms with Crippen LogP contribution < -0.4 is 4.90 Å². The van der Waals surface area contributed by atoms with Crippen molar-refractivity contribution < 1.29 is 13.2 Å². The monoisotopic (exact) mass is 404 g/mol. The van der Waals surface area contributed by atoms with Gasteiger partial charge in [-0.1, -0.05) is 26.0 Å². The Hall–Kier alpha value is -1.83. The molecule has 0 spiro atoms. The van der Waals surface area contributed by atoms with Crippen LogP contribution in [0.1, 0.15) is 29.8 Å². The Morgan fingerprint density at radius 1 is 1.15 bits per heavy atom. The van der Waals surface area contributed by atoms with Crippen molar-refractivity contribution in [3.05, 3.63) is 53.6 Å². The van der Waals surface area contributed by atoms with Gasteiger partial charge in [0, 0.05) is 36.5 Å². The number of sulfonamides is 1. The molecule has 0 unspecified atom stereocenters. The van der Waals surface area contributed by atoms with E-state index in [0.29, 0.717) is 23.8 Å². The SMILES string of the molecule is CC(C)Sc1ccccc1C(=O)N1CCc2cc(S(=O)(=O)N(C)C)ccc21. The number of amides is 1. The summed E-state index contributed by atoms with van der Waals surface area (Å²) in [6, 6.07) is 12.7.